The lowest BCUT2D eigenvalue weighted by molar-refractivity contribution is 0.111. The van der Waals surface area contributed by atoms with E-state index in [0.717, 1.165) is 17.4 Å². The van der Waals surface area contributed by atoms with Gasteiger partial charge in [0.1, 0.15) is 5.75 Å². The monoisotopic (exact) mass is 333 g/mol. The minimum absolute atomic E-state index is 0.466. The first kappa shape index (κ1) is 14.9. The molecule has 2 heterocycles. The Labute approximate surface area is 138 Å². The minimum Gasteiger partial charge on any atom is -0.492 e. The van der Waals surface area contributed by atoms with E-state index in [1.165, 1.54) is 0 Å². The summed E-state index contributed by atoms with van der Waals surface area (Å²) in [4.78, 5) is 11.5. The number of halogens is 2. The van der Waals surface area contributed by atoms with E-state index < -0.39 is 0 Å². The van der Waals surface area contributed by atoms with E-state index in [1.807, 2.05) is 41.8 Å². The van der Waals surface area contributed by atoms with Crippen LogP contribution in [-0.2, 0) is 0 Å². The Hall–Kier alpha value is -1.97. The van der Waals surface area contributed by atoms with Crippen molar-refractivity contribution in [3.8, 4) is 16.9 Å². The SMILES string of the molecule is CCOc1cc(Cl)c(-c2cc3ccccn3c2C=O)cc1Cl. The molecule has 0 aliphatic heterocycles. The van der Waals surface area contributed by atoms with Crippen molar-refractivity contribution in [2.24, 2.45) is 0 Å². The van der Waals surface area contributed by atoms with E-state index in [2.05, 4.69) is 0 Å². The third kappa shape index (κ3) is 2.47. The third-order valence-electron chi connectivity index (χ3n) is 3.44. The maximum Gasteiger partial charge on any atom is 0.167 e. The molecule has 112 valence electrons. The number of hydrogen-bond donors (Lipinski definition) is 0. The minimum atomic E-state index is 0.466. The van der Waals surface area contributed by atoms with Crippen molar-refractivity contribution in [2.75, 3.05) is 6.61 Å². The largest absolute Gasteiger partial charge is 0.492 e. The van der Waals surface area contributed by atoms with Gasteiger partial charge in [-0.05, 0) is 31.2 Å². The van der Waals surface area contributed by atoms with Gasteiger partial charge in [0.05, 0.1) is 22.3 Å². The summed E-state index contributed by atoms with van der Waals surface area (Å²) in [6.45, 7) is 2.38. The van der Waals surface area contributed by atoms with Crippen molar-refractivity contribution in [2.45, 2.75) is 6.92 Å². The molecular weight excluding hydrogens is 321 g/mol. The van der Waals surface area contributed by atoms with Gasteiger partial charge in [0.2, 0.25) is 0 Å². The molecule has 0 aliphatic carbocycles. The van der Waals surface area contributed by atoms with Crippen LogP contribution in [-0.4, -0.2) is 17.3 Å². The molecule has 22 heavy (non-hydrogen) atoms. The Kier molecular flexibility index (Phi) is 4.10. The van der Waals surface area contributed by atoms with Crippen LogP contribution in [0.3, 0.4) is 0 Å². The Morgan fingerprint density at radius 2 is 1.95 bits per heavy atom. The molecule has 1 aromatic carbocycles. The molecule has 0 saturated heterocycles. The molecule has 0 N–H and O–H groups in total. The molecule has 0 radical (unpaired) electrons. The number of rotatable bonds is 4. The summed E-state index contributed by atoms with van der Waals surface area (Å²) in [7, 11) is 0. The van der Waals surface area contributed by atoms with Crippen LogP contribution in [0, 0.1) is 0 Å². The smallest absolute Gasteiger partial charge is 0.167 e. The van der Waals surface area contributed by atoms with Gasteiger partial charge in [0, 0.05) is 28.9 Å². The number of aromatic nitrogens is 1. The second-order valence-electron chi connectivity index (χ2n) is 4.75. The zero-order chi connectivity index (χ0) is 15.7. The highest BCUT2D eigenvalue weighted by molar-refractivity contribution is 6.36. The van der Waals surface area contributed by atoms with Crippen molar-refractivity contribution in [3.63, 3.8) is 0 Å². The topological polar surface area (TPSA) is 30.7 Å². The second kappa shape index (κ2) is 6.03. The lowest BCUT2D eigenvalue weighted by Gasteiger charge is -2.10. The highest BCUT2D eigenvalue weighted by atomic mass is 35.5. The number of pyridine rings is 1. The van der Waals surface area contributed by atoms with E-state index in [1.54, 1.807) is 12.1 Å². The highest BCUT2D eigenvalue weighted by Crippen LogP contribution is 2.38. The van der Waals surface area contributed by atoms with Crippen LogP contribution in [0.2, 0.25) is 10.0 Å². The fourth-order valence-electron chi connectivity index (χ4n) is 2.48. The molecular formula is C17H13Cl2NO2. The number of nitrogens with zero attached hydrogens (tertiary/aromatic N) is 1. The highest BCUT2D eigenvalue weighted by Gasteiger charge is 2.16. The molecule has 0 saturated carbocycles. The summed E-state index contributed by atoms with van der Waals surface area (Å²) in [6.07, 6.45) is 2.66. The zero-order valence-corrected chi connectivity index (χ0v) is 13.4. The van der Waals surface area contributed by atoms with Gasteiger partial charge in [-0.25, -0.2) is 0 Å². The molecule has 0 unspecified atom stereocenters. The zero-order valence-electron chi connectivity index (χ0n) is 11.8. The van der Waals surface area contributed by atoms with Gasteiger partial charge in [-0.1, -0.05) is 29.3 Å². The van der Waals surface area contributed by atoms with Gasteiger partial charge in [-0.2, -0.15) is 0 Å². The lowest BCUT2D eigenvalue weighted by Crippen LogP contribution is -1.94. The number of aldehydes is 1. The summed E-state index contributed by atoms with van der Waals surface area (Å²) in [6, 6.07) is 11.1. The first-order valence-electron chi connectivity index (χ1n) is 6.83. The van der Waals surface area contributed by atoms with Crippen LogP contribution in [0.25, 0.3) is 16.6 Å². The van der Waals surface area contributed by atoms with E-state index >= 15 is 0 Å². The quantitative estimate of drug-likeness (QED) is 0.620. The number of carbonyl (C=O) groups excluding carboxylic acids is 1. The summed E-state index contributed by atoms with van der Waals surface area (Å²) in [5.41, 5.74) is 2.91. The van der Waals surface area contributed by atoms with Gasteiger partial charge in [0.15, 0.2) is 6.29 Å². The number of benzene rings is 1. The summed E-state index contributed by atoms with van der Waals surface area (Å²) < 4.78 is 7.26. The summed E-state index contributed by atoms with van der Waals surface area (Å²) in [5, 5.41) is 0.959. The van der Waals surface area contributed by atoms with Crippen LogP contribution in [0.1, 0.15) is 17.4 Å². The van der Waals surface area contributed by atoms with Gasteiger partial charge in [0.25, 0.3) is 0 Å². The standard InChI is InChI=1S/C17H13Cl2NO2/c1-2-22-17-9-14(18)12(8-15(17)19)13-7-11-5-3-4-6-20(11)16(13)10-21/h3-10H,2H2,1H3. The Balaban J connectivity index is 2.23. The third-order valence-corrected chi connectivity index (χ3v) is 4.05. The number of carbonyl (C=O) groups is 1. The van der Waals surface area contributed by atoms with Gasteiger partial charge in [-0.15, -0.1) is 0 Å². The van der Waals surface area contributed by atoms with Gasteiger partial charge < -0.3 is 9.14 Å². The van der Waals surface area contributed by atoms with E-state index in [0.29, 0.717) is 33.7 Å². The first-order valence-corrected chi connectivity index (χ1v) is 7.58. The number of ether oxygens (including phenoxy) is 1. The van der Waals surface area contributed by atoms with Crippen molar-refractivity contribution < 1.29 is 9.53 Å². The van der Waals surface area contributed by atoms with Crippen molar-refractivity contribution >= 4 is 35.0 Å². The Morgan fingerprint density at radius 3 is 2.68 bits per heavy atom. The van der Waals surface area contributed by atoms with Crippen LogP contribution in [0.15, 0.2) is 42.6 Å². The summed E-state index contributed by atoms with van der Waals surface area (Å²) >= 11 is 12.6. The normalized spacial score (nSPS) is 10.9. The van der Waals surface area contributed by atoms with E-state index in [-0.39, 0.29) is 0 Å². The predicted molar refractivity (Wildman–Crippen MR) is 89.4 cm³/mol. The van der Waals surface area contributed by atoms with Crippen molar-refractivity contribution in [3.05, 3.63) is 58.3 Å². The second-order valence-corrected chi connectivity index (χ2v) is 5.57. The van der Waals surface area contributed by atoms with Crippen LogP contribution < -0.4 is 4.74 Å². The lowest BCUT2D eigenvalue weighted by atomic mass is 10.1. The van der Waals surface area contributed by atoms with Crippen LogP contribution in [0.5, 0.6) is 5.75 Å². The molecule has 3 aromatic rings. The molecule has 0 fully saturated rings. The maximum atomic E-state index is 11.5. The van der Waals surface area contributed by atoms with Crippen molar-refractivity contribution in [1.29, 1.82) is 0 Å². The molecule has 3 rings (SSSR count). The molecule has 0 atom stereocenters. The fraction of sp³-hybridized carbons (Fsp3) is 0.118. The maximum absolute atomic E-state index is 11.5. The number of hydrogen-bond acceptors (Lipinski definition) is 2. The summed E-state index contributed by atoms with van der Waals surface area (Å²) in [5.74, 6) is 0.536. The van der Waals surface area contributed by atoms with E-state index in [9.17, 15) is 4.79 Å². The van der Waals surface area contributed by atoms with Crippen LogP contribution >= 0.6 is 23.2 Å². The fourth-order valence-corrected chi connectivity index (χ4v) is 2.96. The first-order chi connectivity index (χ1) is 10.7. The van der Waals surface area contributed by atoms with E-state index in [4.69, 9.17) is 27.9 Å². The molecule has 0 bridgehead atoms. The Morgan fingerprint density at radius 1 is 1.14 bits per heavy atom. The van der Waals surface area contributed by atoms with Gasteiger partial charge >= 0.3 is 0 Å². The van der Waals surface area contributed by atoms with Crippen LogP contribution in [0.4, 0.5) is 0 Å². The number of fused-ring (bicyclic) bond motifs is 1. The molecule has 5 heteroatoms. The average molecular weight is 334 g/mol. The van der Waals surface area contributed by atoms with Gasteiger partial charge in [-0.3, -0.25) is 4.79 Å². The molecule has 3 nitrogen and oxygen atoms in total. The molecule has 0 spiro atoms. The molecule has 0 amide bonds. The Bertz CT molecular complexity index is 855. The average Bonchev–Trinajstić information content (AvgIpc) is 2.89. The molecule has 0 aliphatic rings. The molecule has 2 aromatic heterocycles. The predicted octanol–water partition coefficient (Wildman–Crippen LogP) is 5.12. The van der Waals surface area contributed by atoms with Crippen molar-refractivity contribution in [1.82, 2.24) is 4.40 Å².